The average molecular weight is 286 g/mol. The number of aryl methyl sites for hydroxylation is 1. The van der Waals surface area contributed by atoms with Crippen LogP contribution in [0.3, 0.4) is 0 Å². The van der Waals surface area contributed by atoms with E-state index in [0.29, 0.717) is 11.2 Å². The van der Waals surface area contributed by atoms with E-state index < -0.39 is 0 Å². The Hall–Kier alpha value is -2.14. The maximum absolute atomic E-state index is 12.2. The molecule has 0 atom stereocenters. The largest absolute Gasteiger partial charge is 0.497 e. The number of aromatic nitrogens is 2. The van der Waals surface area contributed by atoms with Crippen molar-refractivity contribution in [2.24, 2.45) is 0 Å². The number of fused-ring (bicyclic) bond motifs is 1. The molecule has 0 spiro atoms. The van der Waals surface area contributed by atoms with Gasteiger partial charge in [0.2, 0.25) is 0 Å². The van der Waals surface area contributed by atoms with Crippen LogP contribution in [-0.2, 0) is 6.54 Å². The predicted molar refractivity (Wildman–Crippen MR) is 81.5 cm³/mol. The minimum atomic E-state index is 0.0299. The molecule has 0 aliphatic rings. The van der Waals surface area contributed by atoms with E-state index in [1.54, 1.807) is 18.0 Å². The lowest BCUT2D eigenvalue weighted by molar-refractivity contribution is 0.415. The monoisotopic (exact) mass is 286 g/mol. The minimum absolute atomic E-state index is 0.0299. The van der Waals surface area contributed by atoms with Gasteiger partial charge in [0.05, 0.1) is 19.0 Å². The van der Waals surface area contributed by atoms with Gasteiger partial charge in [0.15, 0.2) is 0 Å². The smallest absolute Gasteiger partial charge is 0.271 e. The molecule has 0 N–H and O–H groups in total. The quantitative estimate of drug-likeness (QED) is 0.743. The first kappa shape index (κ1) is 12.9. The summed E-state index contributed by atoms with van der Waals surface area (Å²) in [5.41, 5.74) is 2.84. The van der Waals surface area contributed by atoms with E-state index in [4.69, 9.17) is 4.74 Å². The molecule has 1 aromatic carbocycles. The van der Waals surface area contributed by atoms with Crippen molar-refractivity contribution in [3.8, 4) is 16.9 Å². The first-order valence-corrected chi connectivity index (χ1v) is 7.23. The Morgan fingerprint density at radius 3 is 2.70 bits per heavy atom. The van der Waals surface area contributed by atoms with Crippen molar-refractivity contribution in [1.29, 1.82) is 0 Å². The van der Waals surface area contributed by atoms with Crippen LogP contribution in [0.25, 0.3) is 21.3 Å². The zero-order valence-corrected chi connectivity index (χ0v) is 12.1. The summed E-state index contributed by atoms with van der Waals surface area (Å²) >= 11 is 1.45. The van der Waals surface area contributed by atoms with Crippen LogP contribution in [0.1, 0.15) is 6.92 Å². The molecule has 0 fully saturated rings. The molecule has 0 aliphatic heterocycles. The maximum atomic E-state index is 12.2. The van der Waals surface area contributed by atoms with Crippen LogP contribution in [0, 0.1) is 0 Å². The lowest BCUT2D eigenvalue weighted by Gasteiger charge is -2.03. The predicted octanol–water partition coefficient (Wildman–Crippen LogP) is 3.15. The molecule has 0 unspecified atom stereocenters. The van der Waals surface area contributed by atoms with Gasteiger partial charge in [-0.05, 0) is 24.6 Å². The van der Waals surface area contributed by atoms with Gasteiger partial charge in [0, 0.05) is 17.5 Å². The van der Waals surface area contributed by atoms with E-state index in [2.05, 4.69) is 4.98 Å². The number of ether oxygens (including phenoxy) is 1. The van der Waals surface area contributed by atoms with Crippen LogP contribution >= 0.6 is 11.3 Å². The Bertz CT molecular complexity index is 803. The van der Waals surface area contributed by atoms with Crippen molar-refractivity contribution >= 4 is 21.6 Å². The third kappa shape index (κ3) is 2.00. The number of methoxy groups -OCH3 is 1. The van der Waals surface area contributed by atoms with E-state index in [9.17, 15) is 4.79 Å². The second-order valence-corrected chi connectivity index (χ2v) is 5.27. The van der Waals surface area contributed by atoms with Gasteiger partial charge in [-0.1, -0.05) is 12.1 Å². The molecule has 3 aromatic rings. The molecule has 2 heterocycles. The van der Waals surface area contributed by atoms with Gasteiger partial charge in [-0.2, -0.15) is 0 Å². The third-order valence-corrected chi connectivity index (χ3v) is 4.25. The highest BCUT2D eigenvalue weighted by Gasteiger charge is 2.11. The summed E-state index contributed by atoms with van der Waals surface area (Å²) in [4.78, 5) is 16.7. The normalized spacial score (nSPS) is 10.9. The number of benzene rings is 1. The molecule has 0 radical (unpaired) electrons. The molecule has 4 nitrogen and oxygen atoms in total. The number of hydrogen-bond acceptors (Lipinski definition) is 4. The van der Waals surface area contributed by atoms with Crippen molar-refractivity contribution in [3.05, 3.63) is 46.3 Å². The summed E-state index contributed by atoms with van der Waals surface area (Å²) in [5, 5.41) is 1.99. The van der Waals surface area contributed by atoms with Crippen LogP contribution in [0.15, 0.2) is 40.8 Å². The molecule has 20 heavy (non-hydrogen) atoms. The number of thiophene rings is 1. The van der Waals surface area contributed by atoms with Crippen molar-refractivity contribution < 1.29 is 4.74 Å². The van der Waals surface area contributed by atoms with E-state index in [1.165, 1.54) is 11.3 Å². The Kier molecular flexibility index (Phi) is 3.28. The summed E-state index contributed by atoms with van der Waals surface area (Å²) in [6.45, 7) is 2.57. The van der Waals surface area contributed by atoms with Gasteiger partial charge < -0.3 is 4.74 Å². The molecule has 3 rings (SSSR count). The van der Waals surface area contributed by atoms with E-state index in [0.717, 1.165) is 22.4 Å². The second kappa shape index (κ2) is 5.09. The molecule has 102 valence electrons. The number of rotatable bonds is 3. The molecular formula is C15H14N2O2S. The fourth-order valence-corrected chi connectivity index (χ4v) is 3.12. The topological polar surface area (TPSA) is 44.1 Å². The first-order chi connectivity index (χ1) is 9.74. The van der Waals surface area contributed by atoms with Crippen molar-refractivity contribution in [2.75, 3.05) is 7.11 Å². The van der Waals surface area contributed by atoms with E-state index in [1.807, 2.05) is 36.6 Å². The highest BCUT2D eigenvalue weighted by atomic mass is 32.1. The summed E-state index contributed by atoms with van der Waals surface area (Å²) in [6.07, 6.45) is 1.62. The molecular weight excluding hydrogens is 272 g/mol. The second-order valence-electron chi connectivity index (χ2n) is 4.39. The Labute approximate surface area is 120 Å². The lowest BCUT2D eigenvalue weighted by atomic mass is 10.1. The third-order valence-electron chi connectivity index (χ3n) is 3.29. The SMILES string of the molecule is CCn1cnc2c(-c3ccc(OC)cc3)csc2c1=O. The van der Waals surface area contributed by atoms with Crippen LogP contribution < -0.4 is 10.3 Å². The molecule has 0 bridgehead atoms. The lowest BCUT2D eigenvalue weighted by Crippen LogP contribution is -2.18. The van der Waals surface area contributed by atoms with Gasteiger partial charge in [-0.3, -0.25) is 9.36 Å². The van der Waals surface area contributed by atoms with Gasteiger partial charge in [0.25, 0.3) is 5.56 Å². The molecule has 0 saturated heterocycles. The van der Waals surface area contributed by atoms with E-state index in [-0.39, 0.29) is 5.56 Å². The summed E-state index contributed by atoms with van der Waals surface area (Å²) in [7, 11) is 1.64. The first-order valence-electron chi connectivity index (χ1n) is 6.35. The molecule has 0 saturated carbocycles. The zero-order chi connectivity index (χ0) is 14.1. The molecule has 5 heteroatoms. The van der Waals surface area contributed by atoms with Crippen LogP contribution in [0.5, 0.6) is 5.75 Å². The van der Waals surface area contributed by atoms with Crippen LogP contribution in [-0.4, -0.2) is 16.7 Å². The molecule has 2 aromatic heterocycles. The Morgan fingerprint density at radius 1 is 1.30 bits per heavy atom. The van der Waals surface area contributed by atoms with Crippen molar-refractivity contribution in [3.63, 3.8) is 0 Å². The molecule has 0 amide bonds. The highest BCUT2D eigenvalue weighted by molar-refractivity contribution is 7.17. The Morgan fingerprint density at radius 2 is 2.05 bits per heavy atom. The summed E-state index contributed by atoms with van der Waals surface area (Å²) in [6, 6.07) is 7.78. The van der Waals surface area contributed by atoms with Gasteiger partial charge in [0.1, 0.15) is 10.4 Å². The van der Waals surface area contributed by atoms with E-state index >= 15 is 0 Å². The highest BCUT2D eigenvalue weighted by Crippen LogP contribution is 2.31. The standard InChI is InChI=1S/C15H14N2O2S/c1-3-17-9-16-13-12(8-20-14(13)15(17)18)10-4-6-11(19-2)7-5-10/h4-9H,3H2,1-2H3. The fourth-order valence-electron chi connectivity index (χ4n) is 2.14. The zero-order valence-electron chi connectivity index (χ0n) is 11.3. The Balaban J connectivity index is 2.17. The maximum Gasteiger partial charge on any atom is 0.271 e. The summed E-state index contributed by atoms with van der Waals surface area (Å²) in [5.74, 6) is 0.814. The van der Waals surface area contributed by atoms with Crippen LogP contribution in [0.4, 0.5) is 0 Å². The number of hydrogen-bond donors (Lipinski definition) is 0. The van der Waals surface area contributed by atoms with Crippen LogP contribution in [0.2, 0.25) is 0 Å². The van der Waals surface area contributed by atoms with Crippen molar-refractivity contribution in [2.45, 2.75) is 13.5 Å². The fraction of sp³-hybridized carbons (Fsp3) is 0.200. The van der Waals surface area contributed by atoms with Crippen molar-refractivity contribution in [1.82, 2.24) is 9.55 Å². The summed E-state index contributed by atoms with van der Waals surface area (Å²) < 4.78 is 7.49. The molecule has 0 aliphatic carbocycles. The number of nitrogens with zero attached hydrogens (tertiary/aromatic N) is 2. The van der Waals surface area contributed by atoms with Gasteiger partial charge in [-0.25, -0.2) is 4.98 Å². The average Bonchev–Trinajstić information content (AvgIpc) is 2.92. The minimum Gasteiger partial charge on any atom is -0.497 e. The van der Waals surface area contributed by atoms with Gasteiger partial charge >= 0.3 is 0 Å². The van der Waals surface area contributed by atoms with Gasteiger partial charge in [-0.15, -0.1) is 11.3 Å².